The maximum Gasteiger partial charge on any atom is 0.270 e. The number of ether oxygens (including phenoxy) is 1. The zero-order chi connectivity index (χ0) is 18.7. The standard InChI is InChI=1S/C16H11ClN4O4S/c1-25-11-5-2-9(3-6-11)15-19-20-16(26-15)18-14(22)12-8-10(21(23)24)4-7-13(12)17/h2-8H,1H3,(H,18,20,22). The highest BCUT2D eigenvalue weighted by atomic mass is 35.5. The van der Waals surface area contributed by atoms with E-state index in [-0.39, 0.29) is 21.4 Å². The van der Waals surface area contributed by atoms with Gasteiger partial charge in [-0.15, -0.1) is 10.2 Å². The Kier molecular flexibility index (Phi) is 5.10. The molecule has 0 unspecified atom stereocenters. The number of rotatable bonds is 5. The molecule has 3 aromatic rings. The highest BCUT2D eigenvalue weighted by Crippen LogP contribution is 2.29. The Morgan fingerprint density at radius 1 is 1.23 bits per heavy atom. The molecular formula is C16H11ClN4O4S. The minimum atomic E-state index is -0.601. The van der Waals surface area contributed by atoms with Gasteiger partial charge in [-0.3, -0.25) is 20.2 Å². The van der Waals surface area contributed by atoms with Gasteiger partial charge in [0.15, 0.2) is 0 Å². The summed E-state index contributed by atoms with van der Waals surface area (Å²) >= 11 is 7.13. The summed E-state index contributed by atoms with van der Waals surface area (Å²) in [6, 6.07) is 10.9. The van der Waals surface area contributed by atoms with E-state index >= 15 is 0 Å². The summed E-state index contributed by atoms with van der Waals surface area (Å²) in [4.78, 5) is 22.6. The summed E-state index contributed by atoms with van der Waals surface area (Å²) in [5.74, 6) is 0.114. The third-order valence-corrected chi connectivity index (χ3v) is 4.61. The molecule has 132 valence electrons. The number of nitro groups is 1. The lowest BCUT2D eigenvalue weighted by atomic mass is 10.2. The Balaban J connectivity index is 1.79. The summed E-state index contributed by atoms with van der Waals surface area (Å²) in [6.45, 7) is 0. The molecule has 8 nitrogen and oxygen atoms in total. The molecule has 10 heteroatoms. The van der Waals surface area contributed by atoms with E-state index in [0.717, 1.165) is 11.6 Å². The number of nitrogens with one attached hydrogen (secondary N) is 1. The average molecular weight is 391 g/mol. The molecule has 0 saturated heterocycles. The lowest BCUT2D eigenvalue weighted by Gasteiger charge is -2.03. The summed E-state index contributed by atoms with van der Waals surface area (Å²) in [5.41, 5.74) is 0.579. The van der Waals surface area contributed by atoms with Gasteiger partial charge in [0, 0.05) is 17.7 Å². The van der Waals surface area contributed by atoms with Gasteiger partial charge in [0.25, 0.3) is 11.6 Å². The maximum atomic E-state index is 12.3. The zero-order valence-electron chi connectivity index (χ0n) is 13.3. The molecule has 0 aliphatic carbocycles. The van der Waals surface area contributed by atoms with Crippen molar-refractivity contribution in [2.24, 2.45) is 0 Å². The summed E-state index contributed by atoms with van der Waals surface area (Å²) < 4.78 is 5.10. The first-order chi connectivity index (χ1) is 12.5. The van der Waals surface area contributed by atoms with Gasteiger partial charge in [-0.25, -0.2) is 0 Å². The molecule has 0 bridgehead atoms. The molecule has 1 amide bonds. The van der Waals surface area contributed by atoms with Gasteiger partial charge in [-0.1, -0.05) is 22.9 Å². The molecular weight excluding hydrogens is 380 g/mol. The van der Waals surface area contributed by atoms with E-state index in [1.807, 2.05) is 12.1 Å². The number of methoxy groups -OCH3 is 1. The maximum absolute atomic E-state index is 12.3. The van der Waals surface area contributed by atoms with Gasteiger partial charge >= 0.3 is 0 Å². The molecule has 0 radical (unpaired) electrons. The summed E-state index contributed by atoms with van der Waals surface area (Å²) in [6.07, 6.45) is 0. The number of halogens is 1. The number of benzene rings is 2. The van der Waals surface area contributed by atoms with E-state index in [0.29, 0.717) is 10.8 Å². The van der Waals surface area contributed by atoms with Crippen LogP contribution in [0.15, 0.2) is 42.5 Å². The van der Waals surface area contributed by atoms with Crippen molar-refractivity contribution in [3.63, 3.8) is 0 Å². The van der Waals surface area contributed by atoms with Crippen LogP contribution >= 0.6 is 22.9 Å². The third kappa shape index (κ3) is 3.79. The Bertz CT molecular complexity index is 975. The second-order valence-electron chi connectivity index (χ2n) is 5.02. The summed E-state index contributed by atoms with van der Waals surface area (Å²) in [5, 5.41) is 22.3. The molecule has 3 rings (SSSR count). The third-order valence-electron chi connectivity index (χ3n) is 3.39. The predicted octanol–water partition coefficient (Wildman–Crippen LogP) is 4.03. The molecule has 0 fully saturated rings. The fourth-order valence-corrected chi connectivity index (χ4v) is 3.04. The van der Waals surface area contributed by atoms with Crippen LogP contribution in [0.4, 0.5) is 10.8 Å². The number of carbonyl (C=O) groups is 1. The normalized spacial score (nSPS) is 10.4. The number of aromatic nitrogens is 2. The van der Waals surface area contributed by atoms with Crippen molar-refractivity contribution < 1.29 is 14.5 Å². The van der Waals surface area contributed by atoms with Gasteiger partial charge in [-0.2, -0.15) is 0 Å². The number of hydrogen-bond acceptors (Lipinski definition) is 7. The first-order valence-corrected chi connectivity index (χ1v) is 8.40. The Hall–Kier alpha value is -3.04. The summed E-state index contributed by atoms with van der Waals surface area (Å²) in [7, 11) is 1.58. The monoisotopic (exact) mass is 390 g/mol. The van der Waals surface area contributed by atoms with Crippen LogP contribution in [0.2, 0.25) is 5.02 Å². The number of anilines is 1. The van der Waals surface area contributed by atoms with Gasteiger partial charge in [-0.05, 0) is 30.3 Å². The van der Waals surface area contributed by atoms with Crippen LogP contribution in [0.1, 0.15) is 10.4 Å². The Morgan fingerprint density at radius 3 is 2.62 bits per heavy atom. The fourth-order valence-electron chi connectivity index (χ4n) is 2.09. The van der Waals surface area contributed by atoms with Crippen molar-refractivity contribution in [3.8, 4) is 16.3 Å². The first kappa shape index (κ1) is 17.8. The number of nitrogens with zero attached hydrogens (tertiary/aromatic N) is 3. The van der Waals surface area contributed by atoms with Crippen LogP contribution in [-0.4, -0.2) is 28.1 Å². The van der Waals surface area contributed by atoms with Crippen molar-refractivity contribution in [1.29, 1.82) is 0 Å². The van der Waals surface area contributed by atoms with Gasteiger partial charge in [0.05, 0.1) is 22.6 Å². The molecule has 0 atom stereocenters. The fraction of sp³-hybridized carbons (Fsp3) is 0.0625. The topological polar surface area (TPSA) is 107 Å². The smallest absolute Gasteiger partial charge is 0.270 e. The van der Waals surface area contributed by atoms with Crippen LogP contribution in [0.5, 0.6) is 5.75 Å². The Morgan fingerprint density at radius 2 is 1.96 bits per heavy atom. The first-order valence-electron chi connectivity index (χ1n) is 7.21. The zero-order valence-corrected chi connectivity index (χ0v) is 14.9. The number of carbonyl (C=O) groups excluding carboxylic acids is 1. The van der Waals surface area contributed by atoms with Crippen molar-refractivity contribution in [2.75, 3.05) is 12.4 Å². The van der Waals surface area contributed by atoms with Crippen molar-refractivity contribution in [3.05, 3.63) is 63.2 Å². The molecule has 1 heterocycles. The number of non-ortho nitro benzene ring substituents is 1. The van der Waals surface area contributed by atoms with Crippen LogP contribution in [0.3, 0.4) is 0 Å². The molecule has 26 heavy (non-hydrogen) atoms. The quantitative estimate of drug-likeness (QED) is 0.520. The van der Waals surface area contributed by atoms with E-state index < -0.39 is 10.8 Å². The lowest BCUT2D eigenvalue weighted by Crippen LogP contribution is -2.12. The molecule has 0 aliphatic rings. The molecule has 0 spiro atoms. The largest absolute Gasteiger partial charge is 0.497 e. The molecule has 1 aromatic heterocycles. The Labute approximate surface area is 156 Å². The predicted molar refractivity (Wildman–Crippen MR) is 98.0 cm³/mol. The highest BCUT2D eigenvalue weighted by Gasteiger charge is 2.17. The minimum Gasteiger partial charge on any atom is -0.497 e. The second kappa shape index (κ2) is 7.46. The van der Waals surface area contributed by atoms with E-state index in [9.17, 15) is 14.9 Å². The molecule has 2 aromatic carbocycles. The number of amides is 1. The van der Waals surface area contributed by atoms with Crippen LogP contribution in [0.25, 0.3) is 10.6 Å². The minimum absolute atomic E-state index is 0.0120. The van der Waals surface area contributed by atoms with Gasteiger partial charge in [0.1, 0.15) is 10.8 Å². The number of hydrogen-bond donors (Lipinski definition) is 1. The lowest BCUT2D eigenvalue weighted by molar-refractivity contribution is -0.384. The van der Waals surface area contributed by atoms with Gasteiger partial charge in [0.2, 0.25) is 5.13 Å². The van der Waals surface area contributed by atoms with Crippen molar-refractivity contribution in [1.82, 2.24) is 10.2 Å². The molecule has 0 saturated carbocycles. The van der Waals surface area contributed by atoms with Crippen LogP contribution < -0.4 is 10.1 Å². The molecule has 0 aliphatic heterocycles. The highest BCUT2D eigenvalue weighted by molar-refractivity contribution is 7.18. The van der Waals surface area contributed by atoms with E-state index in [1.54, 1.807) is 19.2 Å². The van der Waals surface area contributed by atoms with E-state index in [4.69, 9.17) is 16.3 Å². The molecule has 1 N–H and O–H groups in total. The van der Waals surface area contributed by atoms with Crippen LogP contribution in [-0.2, 0) is 0 Å². The SMILES string of the molecule is COc1ccc(-c2nnc(NC(=O)c3cc([N+](=O)[O-])ccc3Cl)s2)cc1. The average Bonchev–Trinajstić information content (AvgIpc) is 3.10. The van der Waals surface area contributed by atoms with Gasteiger partial charge < -0.3 is 4.74 Å². The van der Waals surface area contributed by atoms with Crippen molar-refractivity contribution in [2.45, 2.75) is 0 Å². The second-order valence-corrected chi connectivity index (χ2v) is 6.40. The van der Waals surface area contributed by atoms with Crippen LogP contribution in [0, 0.1) is 10.1 Å². The van der Waals surface area contributed by atoms with Crippen molar-refractivity contribution >= 4 is 39.7 Å². The van der Waals surface area contributed by atoms with E-state index in [2.05, 4.69) is 15.5 Å². The van der Waals surface area contributed by atoms with E-state index in [1.165, 1.54) is 23.5 Å². The number of nitro benzene ring substituents is 1.